The Morgan fingerprint density at radius 2 is 1.88 bits per heavy atom. The number of rotatable bonds is 4. The smallest absolute Gasteiger partial charge is 0.410 e. The predicted octanol–water partition coefficient (Wildman–Crippen LogP) is 2.49. The fraction of sp³-hybridized carbons (Fsp3) is 0.478. The Morgan fingerprint density at radius 1 is 1.18 bits per heavy atom. The molecule has 1 fully saturated rings. The number of nitrogens with zero attached hydrogens (tertiary/aromatic N) is 2. The van der Waals surface area contributed by atoms with E-state index in [9.17, 15) is 24.3 Å². The number of benzene rings is 1. The Kier molecular flexibility index (Phi) is 7.25. The third-order valence-corrected chi connectivity index (χ3v) is 5.21. The molecule has 10 heteroatoms. The lowest BCUT2D eigenvalue weighted by atomic mass is 10.1. The van der Waals surface area contributed by atoms with Crippen LogP contribution in [-0.4, -0.2) is 69.7 Å². The van der Waals surface area contributed by atoms with Gasteiger partial charge in [0, 0.05) is 18.7 Å². The molecule has 2 atom stereocenters. The molecule has 2 N–H and O–H groups in total. The monoisotopic (exact) mass is 459 g/mol. The Labute approximate surface area is 192 Å². The highest BCUT2D eigenvalue weighted by Crippen LogP contribution is 2.28. The van der Waals surface area contributed by atoms with Crippen LogP contribution in [0.25, 0.3) is 0 Å². The number of hydrogen-bond acceptors (Lipinski definition) is 6. The van der Waals surface area contributed by atoms with Crippen molar-refractivity contribution in [1.29, 1.82) is 0 Å². The van der Waals surface area contributed by atoms with Crippen molar-refractivity contribution in [3.63, 3.8) is 0 Å². The minimum atomic E-state index is -1.20. The molecule has 3 amide bonds. The molecule has 2 aliphatic heterocycles. The average Bonchev–Trinajstić information content (AvgIpc) is 3.16. The van der Waals surface area contributed by atoms with Crippen LogP contribution in [0.15, 0.2) is 42.1 Å². The Bertz CT molecular complexity index is 939. The second kappa shape index (κ2) is 9.93. The molecule has 33 heavy (non-hydrogen) atoms. The van der Waals surface area contributed by atoms with Crippen molar-refractivity contribution in [1.82, 2.24) is 15.1 Å². The van der Waals surface area contributed by atoms with E-state index in [2.05, 4.69) is 5.32 Å². The lowest BCUT2D eigenvalue weighted by Crippen LogP contribution is -2.58. The first-order valence-electron chi connectivity index (χ1n) is 10.7. The van der Waals surface area contributed by atoms with Gasteiger partial charge in [0.15, 0.2) is 0 Å². The molecule has 0 aromatic heterocycles. The van der Waals surface area contributed by atoms with Crippen LogP contribution in [0.4, 0.5) is 9.59 Å². The van der Waals surface area contributed by atoms with E-state index in [0.717, 1.165) is 5.56 Å². The number of hydrogen-bond donors (Lipinski definition) is 2. The minimum Gasteiger partial charge on any atom is -0.480 e. The quantitative estimate of drug-likeness (QED) is 0.708. The number of nitrogens with one attached hydrogen (secondary N) is 1. The summed E-state index contributed by atoms with van der Waals surface area (Å²) in [5, 5.41) is 12.0. The first-order chi connectivity index (χ1) is 15.5. The van der Waals surface area contributed by atoms with Gasteiger partial charge >= 0.3 is 18.2 Å². The maximum atomic E-state index is 13.3. The molecular weight excluding hydrogens is 430 g/mol. The molecule has 178 valence electrons. The summed E-state index contributed by atoms with van der Waals surface area (Å²) in [6.07, 6.45) is 0.656. The van der Waals surface area contributed by atoms with Gasteiger partial charge in [0.05, 0.1) is 6.54 Å². The van der Waals surface area contributed by atoms with Crippen molar-refractivity contribution in [2.45, 2.75) is 57.9 Å². The largest absolute Gasteiger partial charge is 0.480 e. The standard InChI is InChI=1S/C23H29N3O7/c1-23(2,3)33-21(30)24-17-13-25(22(31)32-14-15-7-5-4-6-8-15)12-11-16-9-10-18(20(28)29)26(16)19(17)27/h4-9,17-18H,10-14H2,1-3H3,(H,24,30)(H,28,29)/t17-,18-/m0/s1. The molecule has 1 aromatic rings. The molecule has 0 radical (unpaired) electrons. The maximum Gasteiger partial charge on any atom is 0.410 e. The van der Waals surface area contributed by atoms with Crippen LogP contribution in [0, 0.1) is 0 Å². The van der Waals surface area contributed by atoms with Crippen molar-refractivity contribution in [3.8, 4) is 0 Å². The number of carbonyl (C=O) groups is 4. The van der Waals surface area contributed by atoms with E-state index >= 15 is 0 Å². The van der Waals surface area contributed by atoms with E-state index in [1.165, 1.54) is 9.80 Å². The van der Waals surface area contributed by atoms with Crippen LogP contribution in [0.3, 0.4) is 0 Å². The van der Waals surface area contributed by atoms with Crippen LogP contribution >= 0.6 is 0 Å². The molecule has 2 heterocycles. The summed E-state index contributed by atoms with van der Waals surface area (Å²) in [6, 6.07) is 6.92. The molecule has 0 bridgehead atoms. The summed E-state index contributed by atoms with van der Waals surface area (Å²) in [5.41, 5.74) is 0.515. The summed E-state index contributed by atoms with van der Waals surface area (Å²) in [7, 11) is 0. The molecule has 3 rings (SSSR count). The van der Waals surface area contributed by atoms with Crippen LogP contribution < -0.4 is 5.32 Å². The first-order valence-corrected chi connectivity index (χ1v) is 10.7. The fourth-order valence-corrected chi connectivity index (χ4v) is 3.72. The number of carbonyl (C=O) groups excluding carboxylic acids is 3. The van der Waals surface area contributed by atoms with E-state index in [1.54, 1.807) is 26.8 Å². The second-order valence-electron chi connectivity index (χ2n) is 8.93. The minimum absolute atomic E-state index is 0.0597. The van der Waals surface area contributed by atoms with Gasteiger partial charge in [-0.1, -0.05) is 36.4 Å². The van der Waals surface area contributed by atoms with Crippen LogP contribution in [0.2, 0.25) is 0 Å². The van der Waals surface area contributed by atoms with E-state index < -0.39 is 41.7 Å². The number of carboxylic acid groups (broad SMARTS) is 1. The van der Waals surface area contributed by atoms with E-state index in [0.29, 0.717) is 5.70 Å². The lowest BCUT2D eigenvalue weighted by Gasteiger charge is -2.36. The van der Waals surface area contributed by atoms with Crippen molar-refractivity contribution < 1.29 is 33.8 Å². The van der Waals surface area contributed by atoms with Gasteiger partial charge < -0.3 is 24.8 Å². The highest BCUT2D eigenvalue weighted by Gasteiger charge is 2.42. The van der Waals surface area contributed by atoms with Gasteiger partial charge in [0.1, 0.15) is 24.3 Å². The highest BCUT2D eigenvalue weighted by molar-refractivity contribution is 5.92. The van der Waals surface area contributed by atoms with E-state index in [1.807, 2.05) is 30.3 Å². The van der Waals surface area contributed by atoms with Gasteiger partial charge in [-0.05, 0) is 32.8 Å². The summed E-state index contributed by atoms with van der Waals surface area (Å²) < 4.78 is 10.7. The molecule has 2 aliphatic rings. The molecule has 0 unspecified atom stereocenters. The molecule has 0 saturated carbocycles. The van der Waals surface area contributed by atoms with Gasteiger partial charge in [-0.3, -0.25) is 9.69 Å². The average molecular weight is 459 g/mol. The van der Waals surface area contributed by atoms with Crippen LogP contribution in [0.5, 0.6) is 0 Å². The molecule has 1 saturated heterocycles. The van der Waals surface area contributed by atoms with Gasteiger partial charge in [-0.15, -0.1) is 0 Å². The Hall–Kier alpha value is -3.56. The summed E-state index contributed by atoms with van der Waals surface area (Å²) in [4.78, 5) is 52.7. The molecule has 1 aromatic carbocycles. The number of fused-ring (bicyclic) bond motifs is 1. The van der Waals surface area contributed by atoms with Crippen molar-refractivity contribution >= 4 is 24.1 Å². The predicted molar refractivity (Wildman–Crippen MR) is 117 cm³/mol. The number of aliphatic carboxylic acids is 1. The molecular formula is C23H29N3O7. The normalized spacial score (nSPS) is 20.8. The highest BCUT2D eigenvalue weighted by atomic mass is 16.6. The van der Waals surface area contributed by atoms with E-state index in [4.69, 9.17) is 9.47 Å². The Morgan fingerprint density at radius 3 is 2.52 bits per heavy atom. The molecule has 10 nitrogen and oxygen atoms in total. The van der Waals surface area contributed by atoms with E-state index in [-0.39, 0.29) is 32.5 Å². The number of alkyl carbamates (subject to hydrolysis) is 1. The fourth-order valence-electron chi connectivity index (χ4n) is 3.72. The zero-order chi connectivity index (χ0) is 24.2. The third kappa shape index (κ3) is 6.24. The number of carboxylic acids is 1. The van der Waals surface area contributed by atoms with Gasteiger partial charge in [-0.25, -0.2) is 14.4 Å². The third-order valence-electron chi connectivity index (χ3n) is 5.21. The number of ether oxygens (including phenoxy) is 2. The van der Waals surface area contributed by atoms with Crippen molar-refractivity contribution in [2.24, 2.45) is 0 Å². The summed E-state index contributed by atoms with van der Waals surface area (Å²) in [6.45, 7) is 5.12. The zero-order valence-electron chi connectivity index (χ0n) is 18.9. The molecule has 0 spiro atoms. The van der Waals surface area contributed by atoms with Gasteiger partial charge in [0.25, 0.3) is 5.91 Å². The summed E-state index contributed by atoms with van der Waals surface area (Å²) >= 11 is 0. The van der Waals surface area contributed by atoms with Crippen LogP contribution in [-0.2, 0) is 25.7 Å². The van der Waals surface area contributed by atoms with Gasteiger partial charge in [-0.2, -0.15) is 0 Å². The van der Waals surface area contributed by atoms with Crippen molar-refractivity contribution in [2.75, 3.05) is 13.1 Å². The maximum absolute atomic E-state index is 13.3. The Balaban J connectivity index is 1.78. The van der Waals surface area contributed by atoms with Crippen molar-refractivity contribution in [3.05, 3.63) is 47.7 Å². The lowest BCUT2D eigenvalue weighted by molar-refractivity contribution is -0.148. The van der Waals surface area contributed by atoms with Crippen LogP contribution in [0.1, 0.15) is 39.2 Å². The topological polar surface area (TPSA) is 125 Å². The SMILES string of the molecule is CC(C)(C)OC(=O)N[C@H]1CN(C(=O)OCc2ccccc2)CCC2=CC[C@@H](C(=O)O)N2C1=O. The van der Waals surface area contributed by atoms with Gasteiger partial charge in [0.2, 0.25) is 0 Å². The zero-order valence-corrected chi connectivity index (χ0v) is 18.9. The second-order valence-corrected chi connectivity index (χ2v) is 8.93. The molecule has 0 aliphatic carbocycles. The number of amides is 3. The summed E-state index contributed by atoms with van der Waals surface area (Å²) in [5.74, 6) is -1.75. The first kappa shape index (κ1) is 24.1.